The standard InChI is InChI=1S/C17H36O4S4/c1-13(18)5-22-9-17(10-23-6-14(2)19,11-24-7-15(3)20)12-25-8-16(4)21/h13-16,18-21H,5-12H2,1-4H3. The fourth-order valence-electron chi connectivity index (χ4n) is 2.03. The van der Waals surface area contributed by atoms with E-state index in [1.54, 1.807) is 74.7 Å². The van der Waals surface area contributed by atoms with Gasteiger partial charge in [-0.25, -0.2) is 0 Å². The first kappa shape index (κ1) is 26.2. The molecule has 0 aromatic carbocycles. The molecule has 0 fully saturated rings. The van der Waals surface area contributed by atoms with Crippen molar-refractivity contribution in [2.75, 3.05) is 46.0 Å². The molecule has 0 heterocycles. The smallest absolute Gasteiger partial charge is 0.0602 e. The van der Waals surface area contributed by atoms with E-state index in [0.717, 1.165) is 23.0 Å². The molecule has 8 heteroatoms. The molecule has 0 saturated carbocycles. The van der Waals surface area contributed by atoms with Crippen molar-refractivity contribution in [2.24, 2.45) is 5.41 Å². The van der Waals surface area contributed by atoms with Crippen LogP contribution in [0.5, 0.6) is 0 Å². The van der Waals surface area contributed by atoms with Crippen molar-refractivity contribution >= 4 is 47.0 Å². The summed E-state index contributed by atoms with van der Waals surface area (Å²) in [6, 6.07) is 0. The van der Waals surface area contributed by atoms with Crippen LogP contribution >= 0.6 is 47.0 Å². The summed E-state index contributed by atoms with van der Waals surface area (Å²) in [5.41, 5.74) is 0.0538. The first-order valence-corrected chi connectivity index (χ1v) is 13.3. The average molecular weight is 433 g/mol. The summed E-state index contributed by atoms with van der Waals surface area (Å²) in [6.45, 7) is 7.23. The highest BCUT2D eigenvalue weighted by Crippen LogP contribution is 2.36. The van der Waals surface area contributed by atoms with Crippen LogP contribution in [0.3, 0.4) is 0 Å². The number of hydrogen-bond donors (Lipinski definition) is 4. The van der Waals surface area contributed by atoms with Gasteiger partial charge in [0.1, 0.15) is 0 Å². The molecule has 0 spiro atoms. The van der Waals surface area contributed by atoms with Crippen LogP contribution in [-0.2, 0) is 0 Å². The molecule has 4 unspecified atom stereocenters. The monoisotopic (exact) mass is 432 g/mol. The van der Waals surface area contributed by atoms with Gasteiger partial charge in [0.05, 0.1) is 24.4 Å². The topological polar surface area (TPSA) is 80.9 Å². The van der Waals surface area contributed by atoms with E-state index >= 15 is 0 Å². The summed E-state index contributed by atoms with van der Waals surface area (Å²) in [5.74, 6) is 6.59. The Morgan fingerprint density at radius 3 is 0.880 bits per heavy atom. The fraction of sp³-hybridized carbons (Fsp3) is 1.00. The Labute approximate surface area is 170 Å². The molecule has 4 atom stereocenters. The molecule has 0 radical (unpaired) electrons. The zero-order valence-corrected chi connectivity index (χ0v) is 19.2. The quantitative estimate of drug-likeness (QED) is 0.296. The lowest BCUT2D eigenvalue weighted by atomic mass is 9.99. The van der Waals surface area contributed by atoms with E-state index in [-0.39, 0.29) is 29.8 Å². The van der Waals surface area contributed by atoms with Crippen LogP contribution in [0.1, 0.15) is 27.7 Å². The molecule has 0 saturated heterocycles. The Morgan fingerprint density at radius 1 is 0.520 bits per heavy atom. The van der Waals surface area contributed by atoms with Gasteiger partial charge in [-0.2, -0.15) is 47.0 Å². The predicted octanol–water partition coefficient (Wildman–Crippen LogP) is 2.43. The van der Waals surface area contributed by atoms with Gasteiger partial charge in [0.2, 0.25) is 0 Å². The van der Waals surface area contributed by atoms with Crippen molar-refractivity contribution in [1.82, 2.24) is 0 Å². The third kappa shape index (κ3) is 15.9. The zero-order chi connectivity index (χ0) is 19.3. The van der Waals surface area contributed by atoms with Crippen molar-refractivity contribution in [3.05, 3.63) is 0 Å². The number of aliphatic hydroxyl groups excluding tert-OH is 4. The molecule has 0 aliphatic rings. The van der Waals surface area contributed by atoms with E-state index < -0.39 is 0 Å². The highest BCUT2D eigenvalue weighted by Gasteiger charge is 2.31. The molecule has 4 nitrogen and oxygen atoms in total. The minimum atomic E-state index is -0.317. The largest absolute Gasteiger partial charge is 0.393 e. The van der Waals surface area contributed by atoms with E-state index in [2.05, 4.69) is 0 Å². The first-order chi connectivity index (χ1) is 11.7. The summed E-state index contributed by atoms with van der Waals surface area (Å²) in [5, 5.41) is 38.2. The molecule has 0 aliphatic carbocycles. The molecule has 0 amide bonds. The summed E-state index contributed by atoms with van der Waals surface area (Å²) in [6.07, 6.45) is -1.27. The van der Waals surface area contributed by atoms with Crippen LogP contribution in [0.2, 0.25) is 0 Å². The number of aliphatic hydroxyl groups is 4. The van der Waals surface area contributed by atoms with Crippen LogP contribution in [0.15, 0.2) is 0 Å². The second kappa shape index (κ2) is 15.2. The number of thioether (sulfide) groups is 4. The normalized spacial score (nSPS) is 19.2. The molecule has 152 valence electrons. The number of rotatable bonds is 16. The van der Waals surface area contributed by atoms with Gasteiger partial charge in [-0.1, -0.05) is 0 Å². The minimum absolute atomic E-state index is 0.0538. The maximum absolute atomic E-state index is 9.56. The number of hydrogen-bond acceptors (Lipinski definition) is 8. The highest BCUT2D eigenvalue weighted by atomic mass is 32.2. The first-order valence-electron chi connectivity index (χ1n) is 8.70. The van der Waals surface area contributed by atoms with E-state index in [4.69, 9.17) is 0 Å². The second-order valence-corrected chi connectivity index (χ2v) is 11.1. The summed E-state index contributed by atoms with van der Waals surface area (Å²) >= 11 is 7.07. The van der Waals surface area contributed by atoms with Gasteiger partial charge in [0.15, 0.2) is 0 Å². The highest BCUT2D eigenvalue weighted by molar-refractivity contribution is 8.02. The van der Waals surface area contributed by atoms with Gasteiger partial charge in [-0.05, 0) is 27.7 Å². The lowest BCUT2D eigenvalue weighted by molar-refractivity contribution is 0.220. The minimum Gasteiger partial charge on any atom is -0.393 e. The van der Waals surface area contributed by atoms with Crippen molar-refractivity contribution in [3.63, 3.8) is 0 Å². The van der Waals surface area contributed by atoms with Gasteiger partial charge in [-0.3, -0.25) is 0 Å². The van der Waals surface area contributed by atoms with Crippen LogP contribution in [0.4, 0.5) is 0 Å². The molecule has 0 aliphatic heterocycles. The molecule has 4 N–H and O–H groups in total. The SMILES string of the molecule is CC(O)CSCC(CSCC(C)O)(CSCC(C)O)CSCC(C)O. The zero-order valence-electron chi connectivity index (χ0n) is 15.9. The lowest BCUT2D eigenvalue weighted by Crippen LogP contribution is -2.35. The van der Waals surface area contributed by atoms with Gasteiger partial charge >= 0.3 is 0 Å². The Bertz CT molecular complexity index is 254. The molecule has 0 bridgehead atoms. The summed E-state index contributed by atoms with van der Waals surface area (Å²) in [4.78, 5) is 0. The third-order valence-electron chi connectivity index (χ3n) is 3.07. The summed E-state index contributed by atoms with van der Waals surface area (Å²) < 4.78 is 0. The molecular weight excluding hydrogens is 396 g/mol. The van der Waals surface area contributed by atoms with Crippen LogP contribution in [0, 0.1) is 5.41 Å². The Morgan fingerprint density at radius 2 is 0.720 bits per heavy atom. The van der Waals surface area contributed by atoms with E-state index in [0.29, 0.717) is 23.0 Å². The molecule has 0 aromatic heterocycles. The van der Waals surface area contributed by atoms with Crippen molar-refractivity contribution in [2.45, 2.75) is 52.1 Å². The van der Waals surface area contributed by atoms with E-state index in [1.807, 2.05) is 0 Å². The molecular formula is C17H36O4S4. The Hall–Kier alpha value is 1.24. The van der Waals surface area contributed by atoms with E-state index in [9.17, 15) is 20.4 Å². The van der Waals surface area contributed by atoms with Crippen LogP contribution in [-0.4, -0.2) is 90.9 Å². The van der Waals surface area contributed by atoms with Crippen molar-refractivity contribution in [1.29, 1.82) is 0 Å². The maximum atomic E-state index is 9.56. The molecule has 0 rings (SSSR count). The second-order valence-electron chi connectivity index (χ2n) is 6.96. The van der Waals surface area contributed by atoms with Crippen molar-refractivity contribution in [3.8, 4) is 0 Å². The third-order valence-corrected chi connectivity index (χ3v) is 9.21. The van der Waals surface area contributed by atoms with Gasteiger partial charge in [0.25, 0.3) is 0 Å². The summed E-state index contributed by atoms with van der Waals surface area (Å²) in [7, 11) is 0. The van der Waals surface area contributed by atoms with Gasteiger partial charge in [0, 0.05) is 51.4 Å². The van der Waals surface area contributed by atoms with Crippen molar-refractivity contribution < 1.29 is 20.4 Å². The molecule has 0 aromatic rings. The Kier molecular flexibility index (Phi) is 15.9. The fourth-order valence-corrected chi connectivity index (χ4v) is 7.60. The van der Waals surface area contributed by atoms with Crippen LogP contribution in [0.25, 0.3) is 0 Å². The van der Waals surface area contributed by atoms with E-state index in [1.165, 1.54) is 0 Å². The van der Waals surface area contributed by atoms with Crippen LogP contribution < -0.4 is 0 Å². The molecule has 25 heavy (non-hydrogen) atoms. The van der Waals surface area contributed by atoms with Gasteiger partial charge in [-0.15, -0.1) is 0 Å². The maximum Gasteiger partial charge on any atom is 0.0602 e. The lowest BCUT2D eigenvalue weighted by Gasteiger charge is -2.34. The van der Waals surface area contributed by atoms with Gasteiger partial charge < -0.3 is 20.4 Å². The Balaban J connectivity index is 4.85. The predicted molar refractivity (Wildman–Crippen MR) is 118 cm³/mol. The average Bonchev–Trinajstić information content (AvgIpc) is 2.45.